The van der Waals surface area contributed by atoms with E-state index in [9.17, 15) is 4.79 Å². The molecule has 4 aromatic rings. The fraction of sp³-hybridized carbons (Fsp3) is 0.194. The van der Waals surface area contributed by atoms with Crippen molar-refractivity contribution in [3.8, 4) is 0 Å². The van der Waals surface area contributed by atoms with Gasteiger partial charge in [-0.1, -0.05) is 117 Å². The van der Waals surface area contributed by atoms with E-state index in [1.54, 1.807) is 11.8 Å². The van der Waals surface area contributed by atoms with Gasteiger partial charge in [-0.15, -0.1) is 0 Å². The lowest BCUT2D eigenvalue weighted by Crippen LogP contribution is -2.66. The third-order valence-electron chi connectivity index (χ3n) is 7.02. The third kappa shape index (κ3) is 4.11. The first-order valence-corrected chi connectivity index (χ1v) is 15.0. The number of hydrogen-bond donors (Lipinski definition) is 0. The van der Waals surface area contributed by atoms with Gasteiger partial charge in [0.1, 0.15) is 0 Å². The number of hydrogen-bond acceptors (Lipinski definition) is 4. The Kier molecular flexibility index (Phi) is 6.64. The average Bonchev–Trinajstić information content (AvgIpc) is 2.89. The van der Waals surface area contributed by atoms with Crippen molar-refractivity contribution in [3.63, 3.8) is 0 Å². The second-order valence-electron chi connectivity index (χ2n) is 10.2. The van der Waals surface area contributed by atoms with Gasteiger partial charge in [0.2, 0.25) is 0 Å². The van der Waals surface area contributed by atoms with Crippen molar-refractivity contribution in [2.75, 3.05) is 11.9 Å². The summed E-state index contributed by atoms with van der Waals surface area (Å²) in [5, 5.41) is 2.45. The van der Waals surface area contributed by atoms with Gasteiger partial charge in [0, 0.05) is 22.4 Å². The molecule has 0 N–H and O–H groups in total. The second-order valence-corrected chi connectivity index (χ2v) is 15.5. The summed E-state index contributed by atoms with van der Waals surface area (Å²) in [6, 6.07) is 33.8. The number of carbonyl (C=O) groups excluding carboxylic acids is 1. The van der Waals surface area contributed by atoms with Gasteiger partial charge in [0.25, 0.3) is 8.32 Å². The molecule has 5 heteroatoms. The molecule has 0 aromatic heterocycles. The maximum Gasteiger partial charge on any atom is 0.261 e. The Morgan fingerprint density at radius 1 is 0.778 bits per heavy atom. The number of fused-ring (bicyclic) bond motifs is 2. The molecule has 0 atom stereocenters. The molecule has 0 bridgehead atoms. The molecule has 0 unspecified atom stereocenters. The molecule has 0 radical (unpaired) electrons. The van der Waals surface area contributed by atoms with Crippen LogP contribution in [0.5, 0.6) is 0 Å². The Morgan fingerprint density at radius 3 is 1.89 bits per heavy atom. The van der Waals surface area contributed by atoms with Crippen LogP contribution in [0.3, 0.4) is 0 Å². The maximum absolute atomic E-state index is 11.8. The Labute approximate surface area is 219 Å². The van der Waals surface area contributed by atoms with Crippen molar-refractivity contribution in [3.05, 3.63) is 108 Å². The third-order valence-corrected chi connectivity index (χ3v) is 13.3. The van der Waals surface area contributed by atoms with Crippen LogP contribution in [0.4, 0.5) is 11.4 Å². The lowest BCUT2D eigenvalue weighted by atomic mass is 10.1. The van der Waals surface area contributed by atoms with Crippen molar-refractivity contribution >= 4 is 48.1 Å². The van der Waals surface area contributed by atoms with Gasteiger partial charge >= 0.3 is 0 Å². The Hall–Kier alpha value is -3.12. The molecule has 0 saturated heterocycles. The molecule has 182 valence electrons. The Morgan fingerprint density at radius 2 is 1.33 bits per heavy atom. The van der Waals surface area contributed by atoms with E-state index in [1.807, 2.05) is 12.1 Å². The summed E-state index contributed by atoms with van der Waals surface area (Å²) in [6.45, 7) is 7.40. The molecule has 3 nitrogen and oxygen atoms in total. The van der Waals surface area contributed by atoms with Crippen LogP contribution < -0.4 is 15.3 Å². The summed E-state index contributed by atoms with van der Waals surface area (Å²) in [7, 11) is -0.595. The lowest BCUT2D eigenvalue weighted by molar-refractivity contribution is 0.112. The summed E-state index contributed by atoms with van der Waals surface area (Å²) >= 11 is 1.68. The predicted molar refractivity (Wildman–Crippen MR) is 153 cm³/mol. The Balaban J connectivity index is 1.60. The molecule has 1 aliphatic heterocycles. The van der Waals surface area contributed by atoms with E-state index in [0.29, 0.717) is 6.61 Å². The molecular formula is C31H31NO2SSi. The largest absolute Gasteiger partial charge is 0.403 e. The fourth-order valence-electron chi connectivity index (χ4n) is 5.26. The van der Waals surface area contributed by atoms with Gasteiger partial charge in [0.15, 0.2) is 6.29 Å². The minimum atomic E-state index is -2.66. The molecule has 1 heterocycles. The number of anilines is 2. The zero-order valence-electron chi connectivity index (χ0n) is 21.2. The van der Waals surface area contributed by atoms with Gasteiger partial charge in [-0.2, -0.15) is 0 Å². The van der Waals surface area contributed by atoms with Gasteiger partial charge in [-0.05, 0) is 33.1 Å². The molecule has 5 rings (SSSR count). The van der Waals surface area contributed by atoms with Gasteiger partial charge in [-0.25, -0.2) is 0 Å². The van der Waals surface area contributed by atoms with Crippen LogP contribution in [-0.2, 0) is 11.0 Å². The zero-order valence-corrected chi connectivity index (χ0v) is 23.0. The van der Waals surface area contributed by atoms with Crippen molar-refractivity contribution in [2.45, 2.75) is 42.2 Å². The number of aldehydes is 1. The molecule has 1 aliphatic rings. The van der Waals surface area contributed by atoms with Crippen molar-refractivity contribution in [1.29, 1.82) is 0 Å². The quantitative estimate of drug-likeness (QED) is 0.211. The molecule has 4 aromatic carbocycles. The highest BCUT2D eigenvalue weighted by molar-refractivity contribution is 8.00. The first kappa shape index (κ1) is 24.6. The minimum Gasteiger partial charge on any atom is -0.403 e. The number of carbonyl (C=O) groups is 1. The van der Waals surface area contributed by atoms with E-state index in [4.69, 9.17) is 4.43 Å². The minimum absolute atomic E-state index is 0.0915. The van der Waals surface area contributed by atoms with Crippen molar-refractivity contribution < 1.29 is 9.22 Å². The molecule has 0 saturated carbocycles. The lowest BCUT2D eigenvalue weighted by Gasteiger charge is -2.43. The summed E-state index contributed by atoms with van der Waals surface area (Å²) in [5.74, 6) is 0. The van der Waals surface area contributed by atoms with Crippen LogP contribution in [-0.4, -0.2) is 21.7 Å². The summed E-state index contributed by atoms with van der Waals surface area (Å²) < 4.78 is 7.24. The van der Waals surface area contributed by atoms with Gasteiger partial charge in [0.05, 0.1) is 18.0 Å². The summed E-state index contributed by atoms with van der Waals surface area (Å²) in [4.78, 5) is 16.1. The smallest absolute Gasteiger partial charge is 0.261 e. The Bertz CT molecular complexity index is 1340. The van der Waals surface area contributed by atoms with E-state index < -0.39 is 8.32 Å². The van der Waals surface area contributed by atoms with Crippen LogP contribution in [0.1, 0.15) is 36.7 Å². The first-order valence-electron chi connectivity index (χ1n) is 12.2. The van der Waals surface area contributed by atoms with E-state index in [2.05, 4.69) is 118 Å². The zero-order chi connectivity index (χ0) is 25.3. The summed E-state index contributed by atoms with van der Waals surface area (Å²) in [6.07, 6.45) is 0.951. The number of rotatable bonds is 6. The summed E-state index contributed by atoms with van der Waals surface area (Å²) in [5.41, 5.74) is 4.06. The van der Waals surface area contributed by atoms with E-state index >= 15 is 0 Å². The number of benzene rings is 4. The highest BCUT2D eigenvalue weighted by atomic mass is 32.2. The van der Waals surface area contributed by atoms with Crippen LogP contribution in [0.15, 0.2) is 107 Å². The van der Waals surface area contributed by atoms with Gasteiger partial charge in [-0.3, -0.25) is 4.79 Å². The van der Waals surface area contributed by atoms with Gasteiger partial charge < -0.3 is 9.33 Å². The average molecular weight is 510 g/mol. The van der Waals surface area contributed by atoms with E-state index in [-0.39, 0.29) is 5.04 Å². The van der Waals surface area contributed by atoms with E-state index in [0.717, 1.165) is 38.6 Å². The molecular weight excluding hydrogens is 478 g/mol. The van der Waals surface area contributed by atoms with Crippen LogP contribution >= 0.6 is 11.8 Å². The normalized spacial score (nSPS) is 13.2. The SMILES string of the molecule is CN1c2cccc(C=O)c2Sc2c(CO[Si](c3ccccc3)(c3ccccc3)C(C)(C)C)cccc21. The predicted octanol–water partition coefficient (Wildman–Crippen LogP) is 6.81. The van der Waals surface area contributed by atoms with Crippen LogP contribution in [0, 0.1) is 0 Å². The van der Waals surface area contributed by atoms with Crippen molar-refractivity contribution in [1.82, 2.24) is 0 Å². The highest BCUT2D eigenvalue weighted by Gasteiger charge is 2.50. The molecule has 36 heavy (non-hydrogen) atoms. The van der Waals surface area contributed by atoms with Crippen LogP contribution in [0.2, 0.25) is 5.04 Å². The second kappa shape index (κ2) is 9.73. The highest BCUT2D eigenvalue weighted by Crippen LogP contribution is 2.50. The molecule has 0 spiro atoms. The van der Waals surface area contributed by atoms with Crippen LogP contribution in [0.25, 0.3) is 0 Å². The van der Waals surface area contributed by atoms with E-state index in [1.165, 1.54) is 10.4 Å². The fourth-order valence-corrected chi connectivity index (χ4v) is 11.1. The monoisotopic (exact) mass is 509 g/mol. The number of nitrogens with zero attached hydrogens (tertiary/aromatic N) is 1. The first-order chi connectivity index (χ1) is 17.4. The molecule has 0 amide bonds. The maximum atomic E-state index is 11.8. The standard InChI is InChI=1S/C31H31NO2SSi/c1-31(2,3)36(25-15-7-5-8-16-25,26-17-9-6-10-18-26)34-22-24-14-12-20-28-30(24)35-29-23(21-33)13-11-19-27(29)32(28)4/h5-21H,22H2,1-4H3. The van der Waals surface area contributed by atoms with Crippen molar-refractivity contribution in [2.24, 2.45) is 0 Å². The molecule has 0 aliphatic carbocycles. The molecule has 0 fully saturated rings. The topological polar surface area (TPSA) is 29.5 Å².